The van der Waals surface area contributed by atoms with E-state index in [2.05, 4.69) is 10.3 Å². The molecular formula is C16H21N3O2S. The summed E-state index contributed by atoms with van der Waals surface area (Å²) in [6.45, 7) is 4.56. The molecule has 3 heterocycles. The van der Waals surface area contributed by atoms with Gasteiger partial charge in [-0.05, 0) is 51.4 Å². The van der Waals surface area contributed by atoms with E-state index in [0.29, 0.717) is 11.6 Å². The van der Waals surface area contributed by atoms with Crippen molar-refractivity contribution in [3.05, 3.63) is 29.0 Å². The molecule has 0 aromatic carbocycles. The minimum absolute atomic E-state index is 0.0358. The van der Waals surface area contributed by atoms with Gasteiger partial charge in [-0.25, -0.2) is 4.98 Å². The van der Waals surface area contributed by atoms with Crippen LogP contribution in [0.15, 0.2) is 21.9 Å². The number of amides is 1. The van der Waals surface area contributed by atoms with Crippen molar-refractivity contribution >= 4 is 17.2 Å². The van der Waals surface area contributed by atoms with E-state index in [4.69, 9.17) is 4.42 Å². The quantitative estimate of drug-likeness (QED) is 0.941. The van der Waals surface area contributed by atoms with Crippen molar-refractivity contribution in [3.8, 4) is 10.8 Å². The van der Waals surface area contributed by atoms with Crippen molar-refractivity contribution in [2.45, 2.75) is 19.8 Å². The first-order valence-corrected chi connectivity index (χ1v) is 8.51. The molecule has 2 aromatic heterocycles. The normalized spacial score (nSPS) is 16.2. The summed E-state index contributed by atoms with van der Waals surface area (Å²) in [5.74, 6) is 2.29. The van der Waals surface area contributed by atoms with Gasteiger partial charge in [0.2, 0.25) is 0 Å². The third kappa shape index (κ3) is 3.23. The molecule has 0 aliphatic carbocycles. The number of thiazole rings is 1. The highest BCUT2D eigenvalue weighted by atomic mass is 32.1. The Morgan fingerprint density at radius 1 is 1.45 bits per heavy atom. The van der Waals surface area contributed by atoms with Gasteiger partial charge in [0.15, 0.2) is 10.8 Å². The summed E-state index contributed by atoms with van der Waals surface area (Å²) in [5.41, 5.74) is 0.529. The van der Waals surface area contributed by atoms with Gasteiger partial charge in [-0.15, -0.1) is 11.3 Å². The van der Waals surface area contributed by atoms with E-state index >= 15 is 0 Å². The summed E-state index contributed by atoms with van der Waals surface area (Å²) in [4.78, 5) is 18.9. The van der Waals surface area contributed by atoms with Crippen LogP contribution in [-0.2, 0) is 0 Å². The number of likely N-dealkylation sites (tertiary alicyclic amines) is 1. The van der Waals surface area contributed by atoms with E-state index in [1.165, 1.54) is 11.3 Å². The number of hydrogen-bond acceptors (Lipinski definition) is 5. The van der Waals surface area contributed by atoms with Gasteiger partial charge in [0.25, 0.3) is 5.91 Å². The largest absolute Gasteiger partial charge is 0.459 e. The van der Waals surface area contributed by atoms with Gasteiger partial charge in [-0.3, -0.25) is 4.79 Å². The number of aryl methyl sites for hydroxylation is 1. The van der Waals surface area contributed by atoms with Crippen LogP contribution in [0.3, 0.4) is 0 Å². The van der Waals surface area contributed by atoms with E-state index in [-0.39, 0.29) is 5.91 Å². The van der Waals surface area contributed by atoms with Crippen LogP contribution in [0.25, 0.3) is 10.8 Å². The number of aromatic nitrogens is 1. The summed E-state index contributed by atoms with van der Waals surface area (Å²) in [7, 11) is 1.98. The van der Waals surface area contributed by atoms with Gasteiger partial charge in [-0.1, -0.05) is 0 Å². The summed E-state index contributed by atoms with van der Waals surface area (Å²) in [6, 6.07) is 3.80. The van der Waals surface area contributed by atoms with Gasteiger partial charge in [-0.2, -0.15) is 0 Å². The Kier molecular flexibility index (Phi) is 4.59. The Labute approximate surface area is 134 Å². The second-order valence-electron chi connectivity index (χ2n) is 5.74. The fraction of sp³-hybridized carbons (Fsp3) is 0.500. The number of nitrogens with zero attached hydrogens (tertiary/aromatic N) is 2. The smallest absolute Gasteiger partial charge is 0.273 e. The maximum atomic E-state index is 12.5. The maximum absolute atomic E-state index is 12.5. The SMILES string of the molecule is CNCC1CCN(C(=O)c2csc(-c3ccc(C)o3)n2)CC1. The number of nitrogens with one attached hydrogen (secondary N) is 1. The Bertz CT molecular complexity index is 641. The van der Waals surface area contributed by atoms with Crippen molar-refractivity contribution in [3.63, 3.8) is 0 Å². The van der Waals surface area contributed by atoms with Gasteiger partial charge < -0.3 is 14.6 Å². The summed E-state index contributed by atoms with van der Waals surface area (Å²) >= 11 is 1.45. The van der Waals surface area contributed by atoms with E-state index < -0.39 is 0 Å². The van der Waals surface area contributed by atoms with Crippen molar-refractivity contribution in [1.82, 2.24) is 15.2 Å². The molecule has 5 nitrogen and oxygen atoms in total. The number of rotatable bonds is 4. The van der Waals surface area contributed by atoms with Gasteiger partial charge in [0.05, 0.1) is 0 Å². The number of hydrogen-bond donors (Lipinski definition) is 1. The second kappa shape index (κ2) is 6.62. The Morgan fingerprint density at radius 3 is 2.86 bits per heavy atom. The topological polar surface area (TPSA) is 58.4 Å². The summed E-state index contributed by atoms with van der Waals surface area (Å²) in [5, 5.41) is 5.81. The molecule has 0 unspecified atom stereocenters. The number of carbonyl (C=O) groups is 1. The fourth-order valence-electron chi connectivity index (χ4n) is 2.83. The molecule has 118 valence electrons. The molecule has 1 N–H and O–H groups in total. The van der Waals surface area contributed by atoms with Crippen molar-refractivity contribution in [2.24, 2.45) is 5.92 Å². The highest BCUT2D eigenvalue weighted by Gasteiger charge is 2.25. The first-order valence-electron chi connectivity index (χ1n) is 7.63. The van der Waals surface area contributed by atoms with Crippen LogP contribution in [0.5, 0.6) is 0 Å². The van der Waals surface area contributed by atoms with Gasteiger partial charge in [0, 0.05) is 18.5 Å². The summed E-state index contributed by atoms with van der Waals surface area (Å²) in [6.07, 6.45) is 2.11. The molecule has 1 amide bonds. The predicted octanol–water partition coefficient (Wildman–Crippen LogP) is 2.78. The molecule has 0 bridgehead atoms. The zero-order valence-corrected chi connectivity index (χ0v) is 13.8. The third-order valence-electron chi connectivity index (χ3n) is 4.07. The van der Waals surface area contributed by atoms with E-state index in [1.54, 1.807) is 0 Å². The molecule has 0 atom stereocenters. The molecule has 0 radical (unpaired) electrons. The fourth-order valence-corrected chi connectivity index (χ4v) is 3.58. The monoisotopic (exact) mass is 319 g/mol. The lowest BCUT2D eigenvalue weighted by atomic mass is 9.97. The first kappa shape index (κ1) is 15.2. The maximum Gasteiger partial charge on any atom is 0.273 e. The van der Waals surface area contributed by atoms with Crippen LogP contribution >= 0.6 is 11.3 Å². The van der Waals surface area contributed by atoms with Gasteiger partial charge in [0.1, 0.15) is 11.5 Å². The predicted molar refractivity (Wildman–Crippen MR) is 87.1 cm³/mol. The third-order valence-corrected chi connectivity index (χ3v) is 4.93. The van der Waals surface area contributed by atoms with Crippen LogP contribution in [0, 0.1) is 12.8 Å². The van der Waals surface area contributed by atoms with E-state index in [0.717, 1.165) is 49.0 Å². The van der Waals surface area contributed by atoms with Crippen LogP contribution in [0.4, 0.5) is 0 Å². The van der Waals surface area contributed by atoms with Crippen LogP contribution in [0.2, 0.25) is 0 Å². The zero-order chi connectivity index (χ0) is 15.5. The molecule has 22 heavy (non-hydrogen) atoms. The van der Waals surface area contributed by atoms with E-state index in [1.807, 2.05) is 36.4 Å². The minimum Gasteiger partial charge on any atom is -0.459 e. The lowest BCUT2D eigenvalue weighted by Gasteiger charge is -2.31. The molecule has 6 heteroatoms. The van der Waals surface area contributed by atoms with Crippen molar-refractivity contribution in [1.29, 1.82) is 0 Å². The highest BCUT2D eigenvalue weighted by molar-refractivity contribution is 7.13. The Balaban J connectivity index is 1.65. The lowest BCUT2D eigenvalue weighted by Crippen LogP contribution is -2.40. The number of carbonyl (C=O) groups excluding carboxylic acids is 1. The average molecular weight is 319 g/mol. The number of piperidine rings is 1. The lowest BCUT2D eigenvalue weighted by molar-refractivity contribution is 0.0686. The molecule has 1 aliphatic rings. The first-order chi connectivity index (χ1) is 10.7. The van der Waals surface area contributed by atoms with Crippen molar-refractivity contribution in [2.75, 3.05) is 26.7 Å². The molecule has 0 saturated carbocycles. The minimum atomic E-state index is 0.0358. The standard InChI is InChI=1S/C16H21N3O2S/c1-11-3-4-14(21-11)15-18-13(10-22-15)16(20)19-7-5-12(6-8-19)9-17-2/h3-4,10,12,17H,5-9H2,1-2H3. The molecule has 1 saturated heterocycles. The zero-order valence-electron chi connectivity index (χ0n) is 13.0. The Morgan fingerprint density at radius 2 is 2.23 bits per heavy atom. The second-order valence-corrected chi connectivity index (χ2v) is 6.60. The molecule has 2 aromatic rings. The highest BCUT2D eigenvalue weighted by Crippen LogP contribution is 2.26. The number of furan rings is 1. The van der Waals surface area contributed by atoms with Crippen LogP contribution in [0.1, 0.15) is 29.1 Å². The average Bonchev–Trinajstić information content (AvgIpc) is 3.16. The molecule has 0 spiro atoms. The molecule has 1 aliphatic heterocycles. The molecule has 1 fully saturated rings. The summed E-state index contributed by atoms with van der Waals surface area (Å²) < 4.78 is 5.57. The van der Waals surface area contributed by atoms with E-state index in [9.17, 15) is 4.79 Å². The van der Waals surface area contributed by atoms with Crippen LogP contribution in [-0.4, -0.2) is 42.5 Å². The Hall–Kier alpha value is -1.66. The molecule has 3 rings (SSSR count). The molecular weight excluding hydrogens is 298 g/mol. The van der Waals surface area contributed by atoms with Gasteiger partial charge >= 0.3 is 0 Å². The van der Waals surface area contributed by atoms with Crippen LogP contribution < -0.4 is 5.32 Å². The van der Waals surface area contributed by atoms with Crippen molar-refractivity contribution < 1.29 is 9.21 Å².